The van der Waals surface area contributed by atoms with Crippen LogP contribution in [-0.2, 0) is 6.42 Å². The van der Waals surface area contributed by atoms with E-state index in [1.807, 2.05) is 6.07 Å². The molecule has 0 aliphatic heterocycles. The van der Waals surface area contributed by atoms with E-state index in [9.17, 15) is 0 Å². The summed E-state index contributed by atoms with van der Waals surface area (Å²) >= 11 is 7.52. The first-order valence-corrected chi connectivity index (χ1v) is 5.73. The van der Waals surface area contributed by atoms with E-state index in [4.69, 9.17) is 17.3 Å². The number of halogens is 1. The van der Waals surface area contributed by atoms with Crippen LogP contribution in [0, 0.1) is 5.41 Å². The van der Waals surface area contributed by atoms with Crippen molar-refractivity contribution >= 4 is 22.9 Å². The number of hydrogen-bond acceptors (Lipinski definition) is 2. The first-order valence-electron chi connectivity index (χ1n) is 4.54. The first kappa shape index (κ1) is 11.0. The second-order valence-electron chi connectivity index (χ2n) is 3.75. The quantitative estimate of drug-likeness (QED) is 0.823. The van der Waals surface area contributed by atoms with Crippen LogP contribution in [0.1, 0.15) is 25.1 Å². The maximum Gasteiger partial charge on any atom is 0.0931 e. The zero-order chi connectivity index (χ0) is 9.90. The van der Waals surface area contributed by atoms with Crippen molar-refractivity contribution in [1.82, 2.24) is 0 Å². The molecule has 1 unspecified atom stereocenters. The molecule has 0 aliphatic rings. The molecule has 1 rings (SSSR count). The fraction of sp³-hybridized carbons (Fsp3) is 0.600. The van der Waals surface area contributed by atoms with Gasteiger partial charge in [-0.25, -0.2) is 0 Å². The maximum atomic E-state index is 5.86. The molecule has 1 nitrogen and oxygen atoms in total. The molecule has 3 heteroatoms. The Labute approximate surface area is 88.9 Å². The van der Waals surface area contributed by atoms with Gasteiger partial charge in [0.2, 0.25) is 0 Å². The standard InChI is InChI=1S/C10H16ClNS/c1-3-10(2,7-12)6-8-4-5-9(11)13-8/h4-5H,3,6-7,12H2,1-2H3. The van der Waals surface area contributed by atoms with Gasteiger partial charge >= 0.3 is 0 Å². The fourth-order valence-corrected chi connectivity index (χ4v) is 2.51. The topological polar surface area (TPSA) is 26.0 Å². The highest BCUT2D eigenvalue weighted by Crippen LogP contribution is 2.30. The highest BCUT2D eigenvalue weighted by atomic mass is 35.5. The molecule has 1 aromatic rings. The zero-order valence-electron chi connectivity index (χ0n) is 8.14. The SMILES string of the molecule is CCC(C)(CN)Cc1ccc(Cl)s1. The molecule has 13 heavy (non-hydrogen) atoms. The third-order valence-electron chi connectivity index (χ3n) is 2.58. The molecule has 0 saturated carbocycles. The molecule has 1 heterocycles. The Morgan fingerprint density at radius 3 is 2.62 bits per heavy atom. The Balaban J connectivity index is 2.67. The van der Waals surface area contributed by atoms with Gasteiger partial charge in [-0.2, -0.15) is 0 Å². The van der Waals surface area contributed by atoms with Gasteiger partial charge in [-0.1, -0.05) is 25.4 Å². The summed E-state index contributed by atoms with van der Waals surface area (Å²) in [5, 5.41) is 0. The molecule has 0 spiro atoms. The Morgan fingerprint density at radius 1 is 1.54 bits per heavy atom. The summed E-state index contributed by atoms with van der Waals surface area (Å²) in [7, 11) is 0. The average Bonchev–Trinajstić information content (AvgIpc) is 2.51. The van der Waals surface area contributed by atoms with Crippen LogP contribution in [0.4, 0.5) is 0 Å². The lowest BCUT2D eigenvalue weighted by molar-refractivity contribution is 0.323. The number of rotatable bonds is 4. The van der Waals surface area contributed by atoms with Crippen LogP contribution in [0.5, 0.6) is 0 Å². The van der Waals surface area contributed by atoms with Gasteiger partial charge in [-0.05, 0) is 36.9 Å². The van der Waals surface area contributed by atoms with Gasteiger partial charge in [0.05, 0.1) is 4.34 Å². The van der Waals surface area contributed by atoms with Crippen LogP contribution >= 0.6 is 22.9 Å². The van der Waals surface area contributed by atoms with E-state index in [1.165, 1.54) is 4.88 Å². The van der Waals surface area contributed by atoms with Crippen molar-refractivity contribution in [2.45, 2.75) is 26.7 Å². The van der Waals surface area contributed by atoms with Gasteiger partial charge in [-0.3, -0.25) is 0 Å². The summed E-state index contributed by atoms with van der Waals surface area (Å²) in [5.74, 6) is 0. The van der Waals surface area contributed by atoms with E-state index >= 15 is 0 Å². The van der Waals surface area contributed by atoms with E-state index in [2.05, 4.69) is 19.9 Å². The summed E-state index contributed by atoms with van der Waals surface area (Å²) < 4.78 is 0.866. The smallest absolute Gasteiger partial charge is 0.0931 e. The highest BCUT2D eigenvalue weighted by Gasteiger charge is 2.21. The molecular weight excluding hydrogens is 202 g/mol. The predicted octanol–water partition coefficient (Wildman–Crippen LogP) is 3.32. The predicted molar refractivity (Wildman–Crippen MR) is 60.5 cm³/mol. The molecule has 1 aromatic heterocycles. The molecule has 0 aliphatic carbocycles. The summed E-state index contributed by atoms with van der Waals surface area (Å²) in [6, 6.07) is 4.05. The fourth-order valence-electron chi connectivity index (χ4n) is 1.21. The molecule has 0 aromatic carbocycles. The molecule has 0 bridgehead atoms. The van der Waals surface area contributed by atoms with Crippen molar-refractivity contribution in [2.75, 3.05) is 6.54 Å². The average molecular weight is 218 g/mol. The molecule has 1 atom stereocenters. The van der Waals surface area contributed by atoms with E-state index in [0.717, 1.165) is 23.7 Å². The Hall–Kier alpha value is -0.0500. The molecular formula is C10H16ClNS. The minimum atomic E-state index is 0.230. The minimum Gasteiger partial charge on any atom is -0.330 e. The van der Waals surface area contributed by atoms with Crippen molar-refractivity contribution in [3.63, 3.8) is 0 Å². The Morgan fingerprint density at radius 2 is 2.23 bits per heavy atom. The minimum absolute atomic E-state index is 0.230. The Bertz CT molecular complexity index is 266. The number of thiophene rings is 1. The van der Waals surface area contributed by atoms with Gasteiger partial charge in [0, 0.05) is 4.88 Å². The number of hydrogen-bond donors (Lipinski definition) is 1. The van der Waals surface area contributed by atoms with Crippen LogP contribution in [-0.4, -0.2) is 6.54 Å². The second-order valence-corrected chi connectivity index (χ2v) is 5.55. The van der Waals surface area contributed by atoms with Crippen LogP contribution in [0.25, 0.3) is 0 Å². The van der Waals surface area contributed by atoms with Crippen molar-refractivity contribution in [1.29, 1.82) is 0 Å². The molecule has 0 fully saturated rings. The van der Waals surface area contributed by atoms with E-state index in [0.29, 0.717) is 0 Å². The van der Waals surface area contributed by atoms with Crippen LogP contribution < -0.4 is 5.73 Å². The lowest BCUT2D eigenvalue weighted by atomic mass is 9.84. The van der Waals surface area contributed by atoms with E-state index in [1.54, 1.807) is 11.3 Å². The molecule has 0 saturated heterocycles. The summed E-state index contributed by atoms with van der Waals surface area (Å²) in [6.45, 7) is 5.14. The van der Waals surface area contributed by atoms with Gasteiger partial charge in [0.1, 0.15) is 0 Å². The third kappa shape index (κ3) is 2.97. The lowest BCUT2D eigenvalue weighted by Gasteiger charge is -2.25. The summed E-state index contributed by atoms with van der Waals surface area (Å²) in [4.78, 5) is 1.33. The third-order valence-corrected chi connectivity index (χ3v) is 3.81. The van der Waals surface area contributed by atoms with Crippen molar-refractivity contribution < 1.29 is 0 Å². The molecule has 0 radical (unpaired) electrons. The van der Waals surface area contributed by atoms with Gasteiger partial charge in [-0.15, -0.1) is 11.3 Å². The van der Waals surface area contributed by atoms with Crippen molar-refractivity contribution in [3.8, 4) is 0 Å². The van der Waals surface area contributed by atoms with E-state index in [-0.39, 0.29) is 5.41 Å². The Kier molecular flexibility index (Phi) is 3.77. The second kappa shape index (κ2) is 4.45. The van der Waals surface area contributed by atoms with E-state index < -0.39 is 0 Å². The van der Waals surface area contributed by atoms with Gasteiger partial charge in [0.15, 0.2) is 0 Å². The first-order chi connectivity index (χ1) is 6.09. The van der Waals surface area contributed by atoms with Gasteiger partial charge < -0.3 is 5.73 Å². The molecule has 2 N–H and O–H groups in total. The van der Waals surface area contributed by atoms with Crippen LogP contribution in [0.3, 0.4) is 0 Å². The van der Waals surface area contributed by atoms with Crippen molar-refractivity contribution in [2.24, 2.45) is 11.1 Å². The molecule has 74 valence electrons. The zero-order valence-corrected chi connectivity index (χ0v) is 9.71. The van der Waals surface area contributed by atoms with Crippen LogP contribution in [0.15, 0.2) is 12.1 Å². The summed E-state index contributed by atoms with van der Waals surface area (Å²) in [6.07, 6.45) is 2.15. The highest BCUT2D eigenvalue weighted by molar-refractivity contribution is 7.16. The summed E-state index contributed by atoms with van der Waals surface area (Å²) in [5.41, 5.74) is 5.97. The largest absolute Gasteiger partial charge is 0.330 e. The van der Waals surface area contributed by atoms with Crippen molar-refractivity contribution in [3.05, 3.63) is 21.3 Å². The monoisotopic (exact) mass is 217 g/mol. The number of nitrogens with two attached hydrogens (primary N) is 1. The van der Waals surface area contributed by atoms with Gasteiger partial charge in [0.25, 0.3) is 0 Å². The normalized spacial score (nSPS) is 15.7. The van der Waals surface area contributed by atoms with Crippen LogP contribution in [0.2, 0.25) is 4.34 Å². The maximum absolute atomic E-state index is 5.86. The lowest BCUT2D eigenvalue weighted by Crippen LogP contribution is -2.28. The molecule has 0 amide bonds.